The van der Waals surface area contributed by atoms with Crippen LogP contribution >= 0.6 is 12.2 Å². The van der Waals surface area contributed by atoms with E-state index < -0.39 is 15.9 Å². The zero-order valence-corrected chi connectivity index (χ0v) is 17.9. The Morgan fingerprint density at radius 1 is 1.22 bits per heavy atom. The van der Waals surface area contributed by atoms with Crippen LogP contribution in [0.2, 0.25) is 0 Å². The summed E-state index contributed by atoms with van der Waals surface area (Å²) >= 11 is 5.06. The maximum atomic E-state index is 12.4. The second-order valence-corrected chi connectivity index (χ2v) is 9.38. The van der Waals surface area contributed by atoms with Crippen LogP contribution in [0.5, 0.6) is 5.75 Å². The summed E-state index contributed by atoms with van der Waals surface area (Å²) in [7, 11) is 0.583. The van der Waals surface area contributed by atoms with Gasteiger partial charge in [-0.05, 0) is 56.8 Å². The molecular formula is C17H26N4O4S2. The van der Waals surface area contributed by atoms with Crippen LogP contribution in [0.1, 0.15) is 26.3 Å². The third kappa shape index (κ3) is 7.16. The molecule has 0 aliphatic heterocycles. The van der Waals surface area contributed by atoms with Gasteiger partial charge in [0.05, 0.1) is 7.11 Å². The lowest BCUT2D eigenvalue weighted by Gasteiger charge is -2.22. The summed E-state index contributed by atoms with van der Waals surface area (Å²) in [6, 6.07) is 4.63. The summed E-state index contributed by atoms with van der Waals surface area (Å²) < 4.78 is 31.0. The van der Waals surface area contributed by atoms with Crippen LogP contribution in [0.3, 0.4) is 0 Å². The normalized spacial score (nSPS) is 12.1. The van der Waals surface area contributed by atoms with Crippen molar-refractivity contribution in [2.45, 2.75) is 31.2 Å². The number of rotatable bonds is 5. The Morgan fingerprint density at radius 2 is 1.85 bits per heavy atom. The number of nitrogens with zero attached hydrogens (tertiary/aromatic N) is 1. The van der Waals surface area contributed by atoms with Gasteiger partial charge in [0.1, 0.15) is 10.6 Å². The average molecular weight is 415 g/mol. The predicted molar refractivity (Wildman–Crippen MR) is 110 cm³/mol. The molecule has 1 amide bonds. The zero-order valence-electron chi connectivity index (χ0n) is 16.3. The molecule has 1 aromatic carbocycles. The van der Waals surface area contributed by atoms with Crippen LogP contribution in [0, 0.1) is 0 Å². The fraction of sp³-hybridized carbons (Fsp3) is 0.412. The third-order valence-corrected chi connectivity index (χ3v) is 5.20. The molecule has 0 bridgehead atoms. The summed E-state index contributed by atoms with van der Waals surface area (Å²) in [5.41, 5.74) is 5.32. The van der Waals surface area contributed by atoms with Crippen molar-refractivity contribution in [3.8, 4) is 5.75 Å². The number of hydrazine groups is 1. The highest BCUT2D eigenvalue weighted by atomic mass is 32.2. The lowest BCUT2D eigenvalue weighted by atomic mass is 10.1. The first-order valence-electron chi connectivity index (χ1n) is 8.03. The van der Waals surface area contributed by atoms with Gasteiger partial charge >= 0.3 is 0 Å². The van der Waals surface area contributed by atoms with Crippen molar-refractivity contribution in [3.63, 3.8) is 0 Å². The van der Waals surface area contributed by atoms with Gasteiger partial charge in [-0.25, -0.2) is 12.7 Å². The number of methoxy groups -OCH3 is 1. The summed E-state index contributed by atoms with van der Waals surface area (Å²) in [6.07, 6.45) is 2.76. The van der Waals surface area contributed by atoms with Crippen molar-refractivity contribution in [2.24, 2.45) is 0 Å². The van der Waals surface area contributed by atoms with Gasteiger partial charge in [-0.1, -0.05) is 6.07 Å². The largest absolute Gasteiger partial charge is 0.495 e. The van der Waals surface area contributed by atoms with Crippen LogP contribution in [0.4, 0.5) is 0 Å². The van der Waals surface area contributed by atoms with Crippen molar-refractivity contribution in [1.82, 2.24) is 20.5 Å². The van der Waals surface area contributed by atoms with E-state index in [4.69, 9.17) is 17.0 Å². The molecule has 0 aromatic heterocycles. The topological polar surface area (TPSA) is 99.8 Å². The summed E-state index contributed by atoms with van der Waals surface area (Å²) in [5.74, 6) is -0.216. The Bertz CT molecular complexity index is 828. The summed E-state index contributed by atoms with van der Waals surface area (Å²) in [6.45, 7) is 5.81. The van der Waals surface area contributed by atoms with Gasteiger partial charge in [0, 0.05) is 25.7 Å². The minimum Gasteiger partial charge on any atom is -0.495 e. The molecule has 1 aromatic rings. The molecule has 3 N–H and O–H groups in total. The van der Waals surface area contributed by atoms with Gasteiger partial charge < -0.3 is 10.1 Å². The number of sulfonamides is 1. The van der Waals surface area contributed by atoms with Gasteiger partial charge in [-0.15, -0.1) is 0 Å². The minimum absolute atomic E-state index is 0.0197. The average Bonchev–Trinajstić information content (AvgIpc) is 2.56. The first-order chi connectivity index (χ1) is 12.4. The Labute approximate surface area is 166 Å². The summed E-state index contributed by atoms with van der Waals surface area (Å²) in [4.78, 5) is 11.9. The summed E-state index contributed by atoms with van der Waals surface area (Å²) in [5, 5.41) is 3.28. The second-order valence-electron chi connectivity index (χ2n) is 6.85. The van der Waals surface area contributed by atoms with E-state index in [-0.39, 0.29) is 21.3 Å². The number of ether oxygens (including phenoxy) is 1. The minimum atomic E-state index is -3.68. The van der Waals surface area contributed by atoms with Crippen molar-refractivity contribution < 1.29 is 17.9 Å². The van der Waals surface area contributed by atoms with Crippen LogP contribution in [0.15, 0.2) is 29.2 Å². The molecule has 0 fully saturated rings. The number of carbonyl (C=O) groups is 1. The van der Waals surface area contributed by atoms with Crippen molar-refractivity contribution in [3.05, 3.63) is 29.8 Å². The molecule has 0 radical (unpaired) electrons. The van der Waals surface area contributed by atoms with Gasteiger partial charge in [0.2, 0.25) is 10.0 Å². The first-order valence-corrected chi connectivity index (χ1v) is 9.88. The van der Waals surface area contributed by atoms with E-state index >= 15 is 0 Å². The van der Waals surface area contributed by atoms with Gasteiger partial charge in [-0.2, -0.15) is 0 Å². The van der Waals surface area contributed by atoms with Crippen LogP contribution < -0.4 is 20.9 Å². The lowest BCUT2D eigenvalue weighted by molar-refractivity contribution is -0.117. The Hall–Kier alpha value is -2.17. The molecule has 0 unspecified atom stereocenters. The van der Waals surface area contributed by atoms with Gasteiger partial charge in [-0.3, -0.25) is 15.6 Å². The number of hydrogen-bond acceptors (Lipinski definition) is 5. The van der Waals surface area contributed by atoms with Crippen LogP contribution in [-0.2, 0) is 14.8 Å². The van der Waals surface area contributed by atoms with Crippen molar-refractivity contribution >= 4 is 39.3 Å². The smallest absolute Gasteiger partial charge is 0.262 e. The number of thiocarbonyl (C=S) groups is 1. The fourth-order valence-corrected chi connectivity index (χ4v) is 3.34. The predicted octanol–water partition coefficient (Wildman–Crippen LogP) is 1.25. The maximum absolute atomic E-state index is 12.4. The first kappa shape index (κ1) is 22.9. The zero-order chi connectivity index (χ0) is 20.8. The van der Waals surface area contributed by atoms with Gasteiger partial charge in [0.15, 0.2) is 5.11 Å². The highest BCUT2D eigenvalue weighted by molar-refractivity contribution is 7.89. The Kier molecular flexibility index (Phi) is 7.76. The molecular weight excluding hydrogens is 388 g/mol. The van der Waals surface area contributed by atoms with E-state index in [1.807, 2.05) is 20.8 Å². The number of benzene rings is 1. The van der Waals surface area contributed by atoms with E-state index in [1.54, 1.807) is 6.07 Å². The molecule has 150 valence electrons. The molecule has 10 heteroatoms. The second kappa shape index (κ2) is 9.16. The molecule has 0 saturated carbocycles. The van der Waals surface area contributed by atoms with Crippen LogP contribution in [0.25, 0.3) is 6.08 Å². The molecule has 0 saturated heterocycles. The number of amides is 1. The highest BCUT2D eigenvalue weighted by Crippen LogP contribution is 2.27. The van der Waals surface area contributed by atoms with Crippen molar-refractivity contribution in [2.75, 3.05) is 21.2 Å². The molecule has 0 atom stereocenters. The third-order valence-electron chi connectivity index (χ3n) is 3.16. The van der Waals surface area contributed by atoms with E-state index in [2.05, 4.69) is 16.2 Å². The van der Waals surface area contributed by atoms with Crippen molar-refractivity contribution in [1.29, 1.82) is 0 Å². The molecule has 0 aliphatic rings. The fourth-order valence-electron chi connectivity index (χ4n) is 1.90. The maximum Gasteiger partial charge on any atom is 0.262 e. The SMILES string of the molecule is COc1ccc(/C=C/C(=O)NNC(=S)NC(C)(C)C)cc1S(=O)(=O)N(C)C. The van der Waals surface area contributed by atoms with E-state index in [0.717, 1.165) is 4.31 Å². The number of nitrogens with one attached hydrogen (secondary N) is 3. The molecule has 0 spiro atoms. The number of hydrogen-bond donors (Lipinski definition) is 3. The molecule has 1 rings (SSSR count). The molecule has 27 heavy (non-hydrogen) atoms. The lowest BCUT2D eigenvalue weighted by Crippen LogP contribution is -2.51. The Balaban J connectivity index is 2.87. The van der Waals surface area contributed by atoms with E-state index in [9.17, 15) is 13.2 Å². The standard InChI is InChI=1S/C17H26N4O4S2/c1-17(2,3)18-16(26)20-19-15(22)10-8-12-7-9-13(25-6)14(11-12)27(23,24)21(4)5/h7-11H,1-6H3,(H,19,22)(H2,18,20,26)/b10-8+. The van der Waals surface area contributed by atoms with E-state index in [0.29, 0.717) is 5.56 Å². The molecule has 0 aliphatic carbocycles. The van der Waals surface area contributed by atoms with Gasteiger partial charge in [0.25, 0.3) is 5.91 Å². The van der Waals surface area contributed by atoms with E-state index in [1.165, 1.54) is 45.5 Å². The molecule has 8 nitrogen and oxygen atoms in total. The number of carbonyl (C=O) groups excluding carboxylic acids is 1. The molecule has 0 heterocycles. The van der Waals surface area contributed by atoms with Crippen LogP contribution in [-0.4, -0.2) is 50.5 Å². The monoisotopic (exact) mass is 414 g/mol. The Morgan fingerprint density at radius 3 is 2.37 bits per heavy atom. The highest BCUT2D eigenvalue weighted by Gasteiger charge is 2.22. The quantitative estimate of drug-likeness (QED) is 0.379.